The van der Waals surface area contributed by atoms with Gasteiger partial charge in [0.1, 0.15) is 11.5 Å². The van der Waals surface area contributed by atoms with Crippen LogP contribution >= 0.6 is 23.2 Å². The fourth-order valence-corrected chi connectivity index (χ4v) is 4.21. The number of Topliss-reactive ketones (excluding diaryl/α,β-unsaturated/α-hetero) is 1. The number of halogens is 2. The van der Waals surface area contributed by atoms with E-state index in [4.69, 9.17) is 27.9 Å². The number of hydrogen-bond acceptors (Lipinski definition) is 4. The summed E-state index contributed by atoms with van der Waals surface area (Å²) in [6.45, 7) is 1.83. The van der Waals surface area contributed by atoms with Crippen LogP contribution in [-0.4, -0.2) is 23.9 Å². The first-order valence-corrected chi connectivity index (χ1v) is 10.5. The molecule has 0 radical (unpaired) electrons. The minimum atomic E-state index is -0.865. The van der Waals surface area contributed by atoms with Crippen molar-refractivity contribution >= 4 is 46.3 Å². The van der Waals surface area contributed by atoms with Gasteiger partial charge in [0.15, 0.2) is 0 Å². The van der Waals surface area contributed by atoms with Crippen LogP contribution in [-0.2, 0) is 9.59 Å². The largest absolute Gasteiger partial charge is 0.507 e. The maximum absolute atomic E-state index is 13.2. The number of ether oxygens (including phenoxy) is 1. The number of rotatable bonds is 4. The third-order valence-corrected chi connectivity index (χ3v) is 5.98. The van der Waals surface area contributed by atoms with E-state index in [0.29, 0.717) is 22.0 Å². The van der Waals surface area contributed by atoms with E-state index in [1.807, 2.05) is 13.0 Å². The van der Waals surface area contributed by atoms with Crippen LogP contribution in [0.1, 0.15) is 22.7 Å². The van der Waals surface area contributed by atoms with Crippen molar-refractivity contribution < 1.29 is 19.4 Å². The molecule has 0 spiro atoms. The number of methoxy groups -OCH3 is 1. The van der Waals surface area contributed by atoms with Gasteiger partial charge in [0.2, 0.25) is 0 Å². The molecule has 0 aliphatic carbocycles. The zero-order valence-corrected chi connectivity index (χ0v) is 18.8. The van der Waals surface area contributed by atoms with Crippen molar-refractivity contribution in [3.8, 4) is 5.75 Å². The van der Waals surface area contributed by atoms with Gasteiger partial charge in [-0.25, -0.2) is 0 Å². The van der Waals surface area contributed by atoms with E-state index in [2.05, 4.69) is 0 Å². The van der Waals surface area contributed by atoms with E-state index in [9.17, 15) is 14.7 Å². The molecular formula is C25H19Cl2NO4. The molecule has 5 nitrogen and oxygen atoms in total. The average molecular weight is 468 g/mol. The Kier molecular flexibility index (Phi) is 5.96. The summed E-state index contributed by atoms with van der Waals surface area (Å²) in [6.07, 6.45) is 0. The molecular weight excluding hydrogens is 449 g/mol. The Labute approximate surface area is 195 Å². The second-order valence-electron chi connectivity index (χ2n) is 7.36. The summed E-state index contributed by atoms with van der Waals surface area (Å²) in [4.78, 5) is 27.8. The smallest absolute Gasteiger partial charge is 0.300 e. The van der Waals surface area contributed by atoms with Crippen LogP contribution in [0.4, 0.5) is 5.69 Å². The van der Waals surface area contributed by atoms with Crippen LogP contribution < -0.4 is 9.64 Å². The fraction of sp³-hybridized carbons (Fsp3) is 0.120. The van der Waals surface area contributed by atoms with Crippen LogP contribution in [0.5, 0.6) is 5.75 Å². The zero-order chi connectivity index (χ0) is 23.0. The number of carbonyl (C=O) groups is 2. The second kappa shape index (κ2) is 8.69. The highest BCUT2D eigenvalue weighted by atomic mass is 35.5. The highest BCUT2D eigenvalue weighted by Crippen LogP contribution is 2.44. The van der Waals surface area contributed by atoms with Gasteiger partial charge in [-0.05, 0) is 48.4 Å². The summed E-state index contributed by atoms with van der Waals surface area (Å²) in [6, 6.07) is 18.0. The van der Waals surface area contributed by atoms with Crippen LogP contribution in [0, 0.1) is 6.92 Å². The Hall–Kier alpha value is -3.28. The molecule has 1 atom stereocenters. The van der Waals surface area contributed by atoms with Crippen molar-refractivity contribution in [2.45, 2.75) is 13.0 Å². The Morgan fingerprint density at radius 3 is 2.41 bits per heavy atom. The van der Waals surface area contributed by atoms with Crippen LogP contribution in [0.2, 0.25) is 10.0 Å². The predicted molar refractivity (Wildman–Crippen MR) is 125 cm³/mol. The molecule has 1 aliphatic heterocycles. The molecule has 0 aromatic heterocycles. The van der Waals surface area contributed by atoms with Gasteiger partial charge in [0.05, 0.1) is 23.7 Å². The number of amides is 1. The Bertz CT molecular complexity index is 1250. The molecule has 3 aromatic carbocycles. The van der Waals surface area contributed by atoms with E-state index in [1.54, 1.807) is 54.6 Å². The quantitative estimate of drug-likeness (QED) is 0.293. The maximum atomic E-state index is 13.2. The first kappa shape index (κ1) is 21.9. The van der Waals surface area contributed by atoms with Crippen molar-refractivity contribution in [3.05, 3.63) is 99.0 Å². The first-order valence-electron chi connectivity index (χ1n) is 9.79. The molecule has 1 N–H and O–H groups in total. The van der Waals surface area contributed by atoms with Crippen LogP contribution in [0.15, 0.2) is 72.3 Å². The molecule has 7 heteroatoms. The van der Waals surface area contributed by atoms with Gasteiger partial charge in [-0.3, -0.25) is 14.5 Å². The molecule has 0 bridgehead atoms. The Balaban J connectivity index is 2.00. The number of ketones is 1. The summed E-state index contributed by atoms with van der Waals surface area (Å²) in [5.41, 5.74) is 2.05. The number of benzene rings is 3. The first-order chi connectivity index (χ1) is 15.3. The molecule has 4 rings (SSSR count). The molecule has 1 saturated heterocycles. The molecule has 1 aliphatic rings. The maximum Gasteiger partial charge on any atom is 0.300 e. The number of aryl methyl sites for hydroxylation is 1. The third kappa shape index (κ3) is 3.74. The molecule has 1 amide bonds. The summed E-state index contributed by atoms with van der Waals surface area (Å²) in [7, 11) is 1.48. The molecule has 162 valence electrons. The Morgan fingerprint density at radius 2 is 1.72 bits per heavy atom. The van der Waals surface area contributed by atoms with Gasteiger partial charge >= 0.3 is 0 Å². The van der Waals surface area contributed by atoms with Gasteiger partial charge in [-0.1, -0.05) is 59.6 Å². The topological polar surface area (TPSA) is 66.8 Å². The summed E-state index contributed by atoms with van der Waals surface area (Å²) in [5, 5.41) is 11.9. The SMILES string of the molecule is COc1ccc(Cl)c(/C(O)=C2\C(=O)C(=O)N(c3cc(Cl)ccc3C)C2c2ccccc2)c1. The van der Waals surface area contributed by atoms with Crippen molar-refractivity contribution in [3.63, 3.8) is 0 Å². The van der Waals surface area contributed by atoms with E-state index in [1.165, 1.54) is 18.1 Å². The van der Waals surface area contributed by atoms with Gasteiger partial charge in [0, 0.05) is 16.3 Å². The molecule has 3 aromatic rings. The number of hydrogen-bond donors (Lipinski definition) is 1. The van der Waals surface area contributed by atoms with E-state index in [-0.39, 0.29) is 21.9 Å². The summed E-state index contributed by atoms with van der Waals surface area (Å²) < 4.78 is 5.23. The highest BCUT2D eigenvalue weighted by Gasteiger charge is 2.47. The number of aliphatic hydroxyl groups is 1. The fourth-order valence-electron chi connectivity index (χ4n) is 3.83. The van der Waals surface area contributed by atoms with Gasteiger partial charge < -0.3 is 9.84 Å². The average Bonchev–Trinajstić information content (AvgIpc) is 3.06. The van der Waals surface area contributed by atoms with Crippen LogP contribution in [0.3, 0.4) is 0 Å². The minimum Gasteiger partial charge on any atom is -0.507 e. The summed E-state index contributed by atoms with van der Waals surface area (Å²) in [5.74, 6) is -1.49. The number of nitrogens with zero attached hydrogens (tertiary/aromatic N) is 1. The lowest BCUT2D eigenvalue weighted by Crippen LogP contribution is -2.30. The van der Waals surface area contributed by atoms with Crippen molar-refractivity contribution in [1.29, 1.82) is 0 Å². The standard InChI is InChI=1S/C25H19Cl2NO4/c1-14-8-9-16(26)12-20(14)28-22(15-6-4-3-5-7-15)21(24(30)25(28)31)23(29)18-13-17(32-2)10-11-19(18)27/h3-13,22,29H,1-2H3/b23-21+. The molecule has 1 fully saturated rings. The van der Waals surface area contributed by atoms with Crippen molar-refractivity contribution in [2.75, 3.05) is 12.0 Å². The van der Waals surface area contributed by atoms with Gasteiger partial charge in [-0.2, -0.15) is 0 Å². The molecule has 0 saturated carbocycles. The zero-order valence-electron chi connectivity index (χ0n) is 17.3. The second-order valence-corrected chi connectivity index (χ2v) is 8.20. The molecule has 32 heavy (non-hydrogen) atoms. The van der Waals surface area contributed by atoms with Crippen molar-refractivity contribution in [2.24, 2.45) is 0 Å². The van der Waals surface area contributed by atoms with Crippen LogP contribution in [0.25, 0.3) is 5.76 Å². The van der Waals surface area contributed by atoms with E-state index in [0.717, 1.165) is 5.56 Å². The Morgan fingerprint density at radius 1 is 1.00 bits per heavy atom. The molecule has 1 unspecified atom stereocenters. The predicted octanol–water partition coefficient (Wildman–Crippen LogP) is 5.94. The lowest BCUT2D eigenvalue weighted by atomic mass is 9.95. The van der Waals surface area contributed by atoms with Gasteiger partial charge in [-0.15, -0.1) is 0 Å². The lowest BCUT2D eigenvalue weighted by molar-refractivity contribution is -0.132. The normalized spacial score (nSPS) is 17.6. The monoisotopic (exact) mass is 467 g/mol. The lowest BCUT2D eigenvalue weighted by Gasteiger charge is -2.27. The summed E-state index contributed by atoms with van der Waals surface area (Å²) >= 11 is 12.5. The minimum absolute atomic E-state index is 0.0595. The number of carbonyl (C=O) groups excluding carboxylic acids is 2. The van der Waals surface area contributed by atoms with Crippen molar-refractivity contribution in [1.82, 2.24) is 0 Å². The van der Waals surface area contributed by atoms with Gasteiger partial charge in [0.25, 0.3) is 11.7 Å². The third-order valence-electron chi connectivity index (χ3n) is 5.42. The number of anilines is 1. The van der Waals surface area contributed by atoms with E-state index < -0.39 is 17.7 Å². The molecule has 1 heterocycles. The number of aliphatic hydroxyl groups excluding tert-OH is 1. The highest BCUT2D eigenvalue weighted by molar-refractivity contribution is 6.52. The van der Waals surface area contributed by atoms with E-state index >= 15 is 0 Å².